The third kappa shape index (κ3) is 8.11. The minimum atomic E-state index is -0.742. The molecule has 2 atom stereocenters. The van der Waals surface area contributed by atoms with Crippen LogP contribution < -0.4 is 15.0 Å². The Bertz CT molecular complexity index is 1800. The lowest BCUT2D eigenvalue weighted by atomic mass is 9.90. The van der Waals surface area contributed by atoms with Crippen LogP contribution in [-0.4, -0.2) is 85.9 Å². The molecule has 0 unspecified atom stereocenters. The summed E-state index contributed by atoms with van der Waals surface area (Å²) in [6.07, 6.45) is 5.82. The fourth-order valence-corrected chi connectivity index (χ4v) is 7.68. The van der Waals surface area contributed by atoms with Crippen molar-refractivity contribution in [2.75, 3.05) is 52.3 Å². The lowest BCUT2D eigenvalue weighted by Gasteiger charge is -2.37. The second-order valence-corrected chi connectivity index (χ2v) is 14.1. The van der Waals surface area contributed by atoms with Gasteiger partial charge in [0.05, 0.1) is 12.7 Å². The van der Waals surface area contributed by atoms with Gasteiger partial charge in [-0.3, -0.25) is 14.4 Å². The molecule has 0 radical (unpaired) electrons. The maximum absolute atomic E-state index is 14.6. The van der Waals surface area contributed by atoms with Crippen molar-refractivity contribution in [2.24, 2.45) is 11.8 Å². The number of carbonyl (C=O) groups is 3. The van der Waals surface area contributed by atoms with Gasteiger partial charge in [-0.15, -0.1) is 0 Å². The maximum atomic E-state index is 14.6. The molecule has 1 fully saturated rings. The fourth-order valence-electron chi connectivity index (χ4n) is 7.49. The molecule has 2 N–H and O–H groups in total. The van der Waals surface area contributed by atoms with Gasteiger partial charge in [-0.25, -0.2) is 0 Å². The summed E-state index contributed by atoms with van der Waals surface area (Å²) in [4.78, 5) is 50.5. The van der Waals surface area contributed by atoms with Gasteiger partial charge in [0.1, 0.15) is 11.8 Å². The second kappa shape index (κ2) is 15.5. The molecular formula is C39H46ClN5O4. The van der Waals surface area contributed by atoms with Crippen LogP contribution in [0.25, 0.3) is 10.9 Å². The van der Waals surface area contributed by atoms with Crippen molar-refractivity contribution < 1.29 is 19.1 Å². The monoisotopic (exact) mass is 683 g/mol. The van der Waals surface area contributed by atoms with Crippen molar-refractivity contribution in [1.82, 2.24) is 20.1 Å². The Morgan fingerprint density at radius 1 is 1.02 bits per heavy atom. The highest BCUT2D eigenvalue weighted by Crippen LogP contribution is 2.33. The number of nitrogens with zero attached hydrogens (tertiary/aromatic N) is 3. The molecule has 9 nitrogen and oxygen atoms in total. The van der Waals surface area contributed by atoms with E-state index in [1.54, 1.807) is 19.2 Å². The Hall–Kier alpha value is -4.34. The van der Waals surface area contributed by atoms with Crippen LogP contribution in [0.3, 0.4) is 0 Å². The molecule has 0 spiro atoms. The smallest absolute Gasteiger partial charge is 0.257 e. The second-order valence-electron chi connectivity index (χ2n) is 13.7. The average molecular weight is 684 g/mol. The van der Waals surface area contributed by atoms with Crippen molar-refractivity contribution in [3.8, 4) is 5.75 Å². The highest BCUT2D eigenvalue weighted by Gasteiger charge is 2.34. The largest absolute Gasteiger partial charge is 0.496 e. The molecule has 6 rings (SSSR count). The Kier molecular flexibility index (Phi) is 10.9. The van der Waals surface area contributed by atoms with Crippen molar-refractivity contribution in [2.45, 2.75) is 44.6 Å². The van der Waals surface area contributed by atoms with Gasteiger partial charge in [-0.1, -0.05) is 41.9 Å². The van der Waals surface area contributed by atoms with Gasteiger partial charge in [-0.05, 0) is 99.1 Å². The Labute approximate surface area is 293 Å². The maximum Gasteiger partial charge on any atom is 0.257 e. The van der Waals surface area contributed by atoms with Gasteiger partial charge >= 0.3 is 0 Å². The van der Waals surface area contributed by atoms with E-state index in [1.807, 2.05) is 84.7 Å². The number of fused-ring (bicyclic) bond motifs is 2. The summed E-state index contributed by atoms with van der Waals surface area (Å²) in [5, 5.41) is 4.85. The normalized spacial score (nSPS) is 17.2. The number of rotatable bonds is 11. The van der Waals surface area contributed by atoms with Crippen molar-refractivity contribution in [3.63, 3.8) is 0 Å². The van der Waals surface area contributed by atoms with E-state index in [9.17, 15) is 14.4 Å². The summed E-state index contributed by atoms with van der Waals surface area (Å²) < 4.78 is 5.40. The van der Waals surface area contributed by atoms with E-state index in [2.05, 4.69) is 15.2 Å². The number of para-hydroxylation sites is 2. The van der Waals surface area contributed by atoms with Gasteiger partial charge in [0.25, 0.3) is 5.91 Å². The number of nitrogens with one attached hydrogen (secondary N) is 2. The zero-order valence-electron chi connectivity index (χ0n) is 28.6. The van der Waals surface area contributed by atoms with Gasteiger partial charge in [-0.2, -0.15) is 0 Å². The van der Waals surface area contributed by atoms with E-state index in [0.717, 1.165) is 53.5 Å². The van der Waals surface area contributed by atoms with Crippen LogP contribution in [-0.2, 0) is 22.4 Å². The molecule has 2 aliphatic rings. The standard InChI is InChI=1S/C39H46ClN5O4/c1-43(2)24-27-20-28-21-30(40)13-14-35(28)45(25-27)39(48)34(22-29-23-41-33-10-6-4-8-31(29)33)42-37(46)15-12-26-16-18-44(19-17-26)38(47)32-9-5-7-11-36(32)49-3/h4-11,13-14,21,23,26-27,34,41H,12,15-20,22,24-25H2,1-3H3,(H,42,46)/t27-,34-/m1/s1. The Balaban J connectivity index is 1.14. The minimum Gasteiger partial charge on any atom is -0.496 e. The molecular weight excluding hydrogens is 638 g/mol. The number of amides is 3. The van der Waals surface area contributed by atoms with Gasteiger partial charge in [0.15, 0.2) is 0 Å². The number of methoxy groups -OCH3 is 1. The first-order chi connectivity index (χ1) is 23.7. The number of piperidine rings is 1. The number of benzene rings is 3. The SMILES string of the molecule is COc1ccccc1C(=O)N1CCC(CCC(=O)N[C@H](Cc2c[nH]c3ccccc23)C(=O)N2C[C@@H](CN(C)C)Cc3cc(Cl)ccc32)CC1. The van der Waals surface area contributed by atoms with Crippen molar-refractivity contribution in [3.05, 3.63) is 94.6 Å². The van der Waals surface area contributed by atoms with E-state index >= 15 is 0 Å². The first-order valence-corrected chi connectivity index (χ1v) is 17.6. The van der Waals surface area contributed by atoms with Crippen molar-refractivity contribution >= 4 is 45.9 Å². The molecule has 49 heavy (non-hydrogen) atoms. The first kappa shape index (κ1) is 34.5. The van der Waals surface area contributed by atoms with Crippen LogP contribution in [0, 0.1) is 11.8 Å². The third-order valence-corrected chi connectivity index (χ3v) is 10.2. The molecule has 10 heteroatoms. The number of aromatic nitrogens is 1. The summed E-state index contributed by atoms with van der Waals surface area (Å²) in [6.45, 7) is 2.67. The quantitative estimate of drug-likeness (QED) is 0.204. The predicted molar refractivity (Wildman–Crippen MR) is 194 cm³/mol. The molecule has 0 saturated carbocycles. The number of hydrogen-bond acceptors (Lipinski definition) is 5. The molecule has 0 aliphatic carbocycles. The number of hydrogen-bond donors (Lipinski definition) is 2. The summed E-state index contributed by atoms with van der Waals surface area (Å²) in [7, 11) is 5.66. The fraction of sp³-hybridized carbons (Fsp3) is 0.410. The number of ether oxygens (including phenoxy) is 1. The van der Waals surface area contributed by atoms with Crippen LogP contribution in [0.5, 0.6) is 5.75 Å². The predicted octanol–water partition coefficient (Wildman–Crippen LogP) is 5.96. The Morgan fingerprint density at radius 3 is 2.55 bits per heavy atom. The van der Waals surface area contributed by atoms with Crippen molar-refractivity contribution in [1.29, 1.82) is 0 Å². The van der Waals surface area contributed by atoms with Crippen LogP contribution in [0.1, 0.15) is 47.2 Å². The number of likely N-dealkylation sites (tertiary alicyclic amines) is 1. The lowest BCUT2D eigenvalue weighted by molar-refractivity contribution is -0.127. The van der Waals surface area contributed by atoms with Gasteiger partial charge < -0.3 is 29.7 Å². The van der Waals surface area contributed by atoms with E-state index in [4.69, 9.17) is 16.3 Å². The van der Waals surface area contributed by atoms with E-state index in [-0.39, 0.29) is 23.6 Å². The van der Waals surface area contributed by atoms with Gasteiger partial charge in [0, 0.05) is 66.8 Å². The molecule has 3 aromatic carbocycles. The van der Waals surface area contributed by atoms with Crippen LogP contribution in [0.15, 0.2) is 72.9 Å². The lowest BCUT2D eigenvalue weighted by Crippen LogP contribution is -2.53. The van der Waals surface area contributed by atoms with Crippen LogP contribution in [0.4, 0.5) is 5.69 Å². The highest BCUT2D eigenvalue weighted by atomic mass is 35.5. The molecule has 4 aromatic rings. The van der Waals surface area contributed by atoms with Crippen LogP contribution >= 0.6 is 11.6 Å². The zero-order chi connectivity index (χ0) is 34.5. The summed E-state index contributed by atoms with van der Waals surface area (Å²) >= 11 is 6.40. The topological polar surface area (TPSA) is 98.0 Å². The van der Waals surface area contributed by atoms with E-state index in [0.29, 0.717) is 61.2 Å². The van der Waals surface area contributed by atoms with Gasteiger partial charge in [0.2, 0.25) is 11.8 Å². The number of halogens is 1. The minimum absolute atomic E-state index is 0.0262. The van der Waals surface area contributed by atoms with Crippen LogP contribution in [0.2, 0.25) is 5.02 Å². The molecule has 3 amide bonds. The molecule has 1 aromatic heterocycles. The van der Waals surface area contributed by atoms with E-state index < -0.39 is 6.04 Å². The molecule has 1 saturated heterocycles. The molecule has 2 aliphatic heterocycles. The Morgan fingerprint density at radius 2 is 1.78 bits per heavy atom. The third-order valence-electron chi connectivity index (χ3n) is 9.92. The number of aromatic amines is 1. The average Bonchev–Trinajstić information content (AvgIpc) is 3.51. The zero-order valence-corrected chi connectivity index (χ0v) is 29.3. The highest BCUT2D eigenvalue weighted by molar-refractivity contribution is 6.30. The number of anilines is 1. The first-order valence-electron chi connectivity index (χ1n) is 17.2. The summed E-state index contributed by atoms with van der Waals surface area (Å²) in [5.74, 6) is 0.850. The summed E-state index contributed by atoms with van der Waals surface area (Å²) in [5.41, 5.74) is 4.46. The number of H-pyrrole nitrogens is 1. The molecule has 0 bridgehead atoms. The molecule has 3 heterocycles. The molecule has 258 valence electrons. The number of carbonyl (C=O) groups excluding carboxylic acids is 3. The van der Waals surface area contributed by atoms with E-state index in [1.165, 1.54) is 0 Å². The summed E-state index contributed by atoms with van der Waals surface area (Å²) in [6, 6.07) is 20.3.